The smallest absolute Gasteiger partial charge is 0.129 e. The molecule has 1 aliphatic heterocycles. The summed E-state index contributed by atoms with van der Waals surface area (Å²) in [5.74, 6) is 3.07. The molecular weight excluding hydrogens is 5400 g/mol. The molecule has 1 aromatic heterocycles. The van der Waals surface area contributed by atoms with E-state index in [2.05, 4.69) is 218 Å². The van der Waals surface area contributed by atoms with Crippen molar-refractivity contribution in [3.8, 4) is 0 Å². The molecule has 0 unspecified atom stereocenters. The van der Waals surface area contributed by atoms with Crippen molar-refractivity contribution in [2.24, 2.45) is 28.7 Å². The fourth-order valence-electron chi connectivity index (χ4n) is 3.64. The van der Waals surface area contributed by atoms with Crippen LogP contribution in [-0.2, 0) is 528 Å². The summed E-state index contributed by atoms with van der Waals surface area (Å²) in [6.07, 6.45) is 26.2. The first-order valence-corrected chi connectivity index (χ1v) is 33.0. The molecule has 0 aliphatic carbocycles. The van der Waals surface area contributed by atoms with Gasteiger partial charge in [0.1, 0.15) is 5.78 Å². The van der Waals surface area contributed by atoms with Crippen LogP contribution in [0.4, 0.5) is 0 Å². The van der Waals surface area contributed by atoms with E-state index < -0.39 is 5.91 Å². The number of hydrogen-bond donors (Lipinski definition) is 0. The molecule has 31 heteroatoms. The Morgan fingerprint density at radius 3 is 0.848 bits per heavy atom. The zero-order valence-electron chi connectivity index (χ0n) is 70.6. The minimum atomic E-state index is -0.461. The van der Waals surface area contributed by atoms with E-state index >= 15 is 0 Å². The standard InChI is InChI=1S/C10H10N.C8H10.C6H9N.C5H10N2.C5H10O.2C5H12.C4H9NO.4C4H10.2C3H8.2C2H6.24W/c1-2-8-7-11-10-6-4-3-5-9(8)10;1-2-8-6-4-3-5-7-8;1-2-6-4-3-5-7-6;1-2-3-4-5(6)7;1-3-4-5(2)6;2*1-4-5(2)3;1-2-3-4(5)6;2*1-4(2)3;2*1-3-4-2;2*1-3-2;2*1-2;;;;;;;;;;;;;;;;;;;;;;;;/h3-7H,2H2,1H3;3-7H,2H2,1H3;4-5H,2-3H2,1H3;2-4H2,1H3,(H-2,6,7);3-4H2,1-2H3;2*5H,4H2,1-3H3;2-3H2,1H3,(H2,5,6);2*4H,1-3H3;2*3-4H2,1-2H3;2*3H2,1-2H3;2*1-2H3;;;;;;;;;;;;;;;;;;;;;;;;/q-1;;;-2;;;;;;;;;;;;;;;;;;;;;;;;;;;;;;;;;;;;/p-1. The number of nitrogens with zero attached hydrogens (tertiary/aromatic N) is 3. The number of aryl methyl sites for hydroxylation is 2. The second-order valence-electron chi connectivity index (χ2n) is 20.7. The van der Waals surface area contributed by atoms with Gasteiger partial charge in [-0.15, -0.1) is 5.52 Å². The Kier molecular flexibility index (Phi) is 535. The molecule has 4 rings (SSSR count). The van der Waals surface area contributed by atoms with Crippen LogP contribution in [0.25, 0.3) is 27.8 Å². The van der Waals surface area contributed by atoms with Crippen molar-refractivity contribution in [1.82, 2.24) is 4.98 Å². The van der Waals surface area contributed by atoms with Gasteiger partial charge in [-0.25, -0.2) is 0 Å². The summed E-state index contributed by atoms with van der Waals surface area (Å²) < 4.78 is 0. The summed E-state index contributed by atoms with van der Waals surface area (Å²) in [5.41, 5.74) is 18.0. The largest absolute Gasteiger partial charge is 0.828 e. The number of para-hydroxylation sites is 1. The number of benzene rings is 2. The van der Waals surface area contributed by atoms with Gasteiger partial charge in [-0.1, -0.05) is 351 Å². The van der Waals surface area contributed by atoms with Crippen LogP contribution in [0.5, 0.6) is 0 Å². The molecule has 1 aliphatic rings. The summed E-state index contributed by atoms with van der Waals surface area (Å²) in [7, 11) is 0. The Bertz CT molecular complexity index is 1590. The predicted molar refractivity (Wildman–Crippen MR) is 383 cm³/mol. The molecule has 3 aromatic rings. The SMILES string of the molecule is CC.CC.CC(C)C.CC(C)C.CCC.CCC.CCC(C)C.CCC(C)C.CCC1=CCC=N1.CCCC.CCCC.CCCC(C)=O.CCCC([NH-])=O.CCCCC(=[N-])[NH-].CCc1c[n-]c2ccccc12.CCc1ccccc1.[W].[W].[W].[W].[W].[W].[W].[W].[W].[W].[W].[W].[W].[W].[W].[W].[W].[W].[W].[W].[W].[W].[W].[W]. The molecule has 0 saturated carbocycles. The van der Waals surface area contributed by atoms with Gasteiger partial charge in [0.05, 0.1) is 0 Å². The number of fused-ring (bicyclic) bond motifs is 1. The first kappa shape index (κ1) is 240. The Balaban J connectivity index is -0.0000000142. The molecule has 630 valence electrons. The maximum atomic E-state index is 10.0. The van der Waals surface area contributed by atoms with Crippen LogP contribution in [-0.4, -0.2) is 23.7 Å². The first-order chi connectivity index (χ1) is 38.2. The number of hydrogen-bond acceptors (Lipinski definition) is 3. The van der Waals surface area contributed by atoms with Gasteiger partial charge < -0.3 is 37.3 Å². The van der Waals surface area contributed by atoms with Crippen LogP contribution in [0.15, 0.2) is 77.6 Å². The second kappa shape index (κ2) is 234. The molecular formula is C74H149N5O2W24-4. The number of carbonyl (C=O) groups excluding carboxylic acids is 2. The van der Waals surface area contributed by atoms with Gasteiger partial charge in [-0.2, -0.15) is 6.20 Å². The van der Waals surface area contributed by atoms with Gasteiger partial charge in [-0.05, 0) is 73.6 Å². The number of carbonyl (C=O) groups is 2. The summed E-state index contributed by atoms with van der Waals surface area (Å²) in [6, 6.07) is 18.7. The summed E-state index contributed by atoms with van der Waals surface area (Å²) in [4.78, 5) is 28.1. The van der Waals surface area contributed by atoms with Crippen LogP contribution in [0.2, 0.25) is 0 Å². The number of unbranched alkanes of at least 4 members (excludes halogenated alkanes) is 3. The molecule has 7 nitrogen and oxygen atoms in total. The van der Waals surface area contributed by atoms with E-state index in [-0.39, 0.29) is 517 Å². The van der Waals surface area contributed by atoms with E-state index in [0.717, 1.165) is 87.0 Å². The molecule has 105 heavy (non-hydrogen) atoms. The molecule has 2 N–H and O–H groups in total. The fourth-order valence-corrected chi connectivity index (χ4v) is 3.64. The summed E-state index contributed by atoms with van der Waals surface area (Å²) in [5, 5.41) is 9.57. The van der Waals surface area contributed by atoms with Crippen molar-refractivity contribution in [2.75, 3.05) is 0 Å². The van der Waals surface area contributed by atoms with Gasteiger partial charge in [0.2, 0.25) is 0 Å². The van der Waals surface area contributed by atoms with E-state index in [1.54, 1.807) is 6.92 Å². The van der Waals surface area contributed by atoms with Crippen molar-refractivity contribution in [3.63, 3.8) is 0 Å². The van der Waals surface area contributed by atoms with Gasteiger partial charge in [-0.3, -0.25) is 4.99 Å². The molecule has 0 bridgehead atoms. The topological polar surface area (TPSA) is 130 Å². The second-order valence-corrected chi connectivity index (χ2v) is 20.7. The molecule has 0 saturated heterocycles. The van der Waals surface area contributed by atoms with Gasteiger partial charge in [0.15, 0.2) is 0 Å². The van der Waals surface area contributed by atoms with Crippen molar-refractivity contribution in [3.05, 3.63) is 101 Å². The van der Waals surface area contributed by atoms with E-state index in [1.165, 1.54) is 73.6 Å². The van der Waals surface area contributed by atoms with Crippen molar-refractivity contribution in [2.45, 2.75) is 337 Å². The zero-order valence-corrected chi connectivity index (χ0v) is 141. The number of rotatable bonds is 14. The van der Waals surface area contributed by atoms with Crippen molar-refractivity contribution in [1.29, 1.82) is 0 Å². The molecule has 0 spiro atoms. The molecule has 1 amide bonds. The Morgan fingerprint density at radius 1 is 0.419 bits per heavy atom. The fraction of sp³-hybridized carbons (Fsp3) is 0.730. The number of amidine groups is 1. The quantitative estimate of drug-likeness (QED) is 0.118. The van der Waals surface area contributed by atoms with E-state index in [1.807, 2.05) is 73.0 Å². The number of aliphatic imine (C=N–C) groups is 1. The van der Waals surface area contributed by atoms with Crippen LogP contribution in [0, 0.1) is 23.7 Å². The first-order valence-electron chi connectivity index (χ1n) is 33.0. The molecule has 0 radical (unpaired) electrons. The zero-order chi connectivity index (χ0) is 66.3. The predicted octanol–water partition coefficient (Wildman–Crippen LogP) is 27.2. The number of nitrogens with one attached hydrogen (secondary N) is 2. The van der Waals surface area contributed by atoms with Crippen LogP contribution in [0.3, 0.4) is 0 Å². The Hall–Kier alpha value is 12.5. The van der Waals surface area contributed by atoms with E-state index in [4.69, 9.17) is 16.9 Å². The van der Waals surface area contributed by atoms with E-state index in [9.17, 15) is 9.59 Å². The average Bonchev–Trinajstić information content (AvgIpc) is 2.42. The van der Waals surface area contributed by atoms with Crippen LogP contribution >= 0.6 is 0 Å². The van der Waals surface area contributed by atoms with Crippen molar-refractivity contribution >= 4 is 34.6 Å². The van der Waals surface area contributed by atoms with Crippen molar-refractivity contribution < 1.29 is 515 Å². The summed E-state index contributed by atoms with van der Waals surface area (Å²) >= 11 is 0. The number of aromatic nitrogens is 1. The third kappa shape index (κ3) is 316. The third-order valence-electron chi connectivity index (χ3n) is 8.80. The Labute approximate surface area is 1000 Å². The Morgan fingerprint density at radius 2 is 0.705 bits per heavy atom. The summed E-state index contributed by atoms with van der Waals surface area (Å²) in [6.45, 7) is 65.5. The molecule has 2 heterocycles. The van der Waals surface area contributed by atoms with Gasteiger partial charge >= 0.3 is 0 Å². The van der Waals surface area contributed by atoms with E-state index in [0.29, 0.717) is 12.8 Å². The monoisotopic (exact) mass is 5550 g/mol. The van der Waals surface area contributed by atoms with Crippen LogP contribution in [0.1, 0.15) is 335 Å². The maximum Gasteiger partial charge on any atom is 0.129 e. The third-order valence-corrected chi connectivity index (χ3v) is 8.80. The minimum absolute atomic E-state index is 0. The molecule has 0 fully saturated rings. The maximum absolute atomic E-state index is 10.0. The number of amides is 1. The molecule has 0 atom stereocenters. The minimum Gasteiger partial charge on any atom is -0.828 e. The average molecular weight is 5550 g/mol. The number of allylic oxidation sites excluding steroid dienone is 2. The number of Topliss-reactive ketones (excluding diaryl/α,β-unsaturated/α-hetero) is 1. The van der Waals surface area contributed by atoms with Gasteiger partial charge in [0.25, 0.3) is 0 Å². The number of ketones is 1. The van der Waals surface area contributed by atoms with Crippen LogP contribution < -0.4 is 4.98 Å². The molecule has 2 aromatic carbocycles. The normalized spacial score (nSPS) is 7.13. The van der Waals surface area contributed by atoms with Gasteiger partial charge in [0, 0.05) is 536 Å².